The molecule has 0 N–H and O–H groups in total. The van der Waals surface area contributed by atoms with E-state index in [1.54, 1.807) is 0 Å². The first-order valence-corrected chi connectivity index (χ1v) is 3.11. The molecule has 0 rings (SSSR count). The van der Waals surface area contributed by atoms with Crippen molar-refractivity contribution in [3.05, 3.63) is 12.7 Å². The summed E-state index contributed by atoms with van der Waals surface area (Å²) in [7, 11) is -4.51. The number of hydrogen-bond acceptors (Lipinski definition) is 3. The van der Waals surface area contributed by atoms with Crippen molar-refractivity contribution in [1.82, 2.24) is 0 Å². The van der Waals surface area contributed by atoms with Crippen molar-refractivity contribution in [3.63, 3.8) is 0 Å². The van der Waals surface area contributed by atoms with Crippen LogP contribution in [0.2, 0.25) is 0 Å². The van der Waals surface area contributed by atoms with Crippen LogP contribution >= 0.6 is 0 Å². The molecule has 0 spiro atoms. The topological polar surface area (TPSA) is 63.3 Å². The molecular formula is C3H5O4S. The van der Waals surface area contributed by atoms with E-state index in [2.05, 4.69) is 10.8 Å². The van der Waals surface area contributed by atoms with Gasteiger partial charge in [0.15, 0.2) is 0 Å². The molecule has 8 heavy (non-hydrogen) atoms. The van der Waals surface area contributed by atoms with Crippen LogP contribution in [-0.4, -0.2) is 15.0 Å². The van der Waals surface area contributed by atoms with Gasteiger partial charge < -0.3 is 0 Å². The molecule has 5 heteroatoms. The second kappa shape index (κ2) is 2.81. The van der Waals surface area contributed by atoms with Crippen molar-refractivity contribution in [2.75, 3.05) is 6.61 Å². The van der Waals surface area contributed by atoms with Crippen LogP contribution < -0.4 is 0 Å². The lowest BCUT2D eigenvalue weighted by Crippen LogP contribution is -2.00. The Morgan fingerprint density at radius 2 is 2.12 bits per heavy atom. The monoisotopic (exact) mass is 137 g/mol. The van der Waals surface area contributed by atoms with Crippen LogP contribution in [0.15, 0.2) is 12.7 Å². The van der Waals surface area contributed by atoms with Crippen LogP contribution in [0.5, 0.6) is 0 Å². The first-order chi connectivity index (χ1) is 3.56. The molecule has 0 aromatic heterocycles. The molecule has 1 radical (unpaired) electrons. The van der Waals surface area contributed by atoms with E-state index in [1.165, 1.54) is 6.08 Å². The number of hydrogen-bond donors (Lipinski definition) is 0. The third kappa shape index (κ3) is 5.61. The standard InChI is InChI=1S/C3H5O4S/c1-2-3-7-8(4,5)6/h2H,1,3H2. The van der Waals surface area contributed by atoms with Gasteiger partial charge in [0.2, 0.25) is 0 Å². The van der Waals surface area contributed by atoms with E-state index in [4.69, 9.17) is 0 Å². The first-order valence-electron chi connectivity index (χ1n) is 1.77. The molecule has 0 unspecified atom stereocenters. The van der Waals surface area contributed by atoms with Crippen molar-refractivity contribution in [2.24, 2.45) is 0 Å². The van der Waals surface area contributed by atoms with Gasteiger partial charge in [-0.1, -0.05) is 10.6 Å². The molecule has 0 fully saturated rings. The van der Waals surface area contributed by atoms with E-state index in [-0.39, 0.29) is 6.61 Å². The highest BCUT2D eigenvalue weighted by atomic mass is 32.3. The van der Waals surface area contributed by atoms with Crippen LogP contribution in [0.3, 0.4) is 0 Å². The van der Waals surface area contributed by atoms with E-state index >= 15 is 0 Å². The summed E-state index contributed by atoms with van der Waals surface area (Å²) < 4.78 is 32.4. The van der Waals surface area contributed by atoms with E-state index in [9.17, 15) is 13.0 Å². The zero-order valence-electron chi connectivity index (χ0n) is 4.03. The van der Waals surface area contributed by atoms with E-state index in [0.717, 1.165) is 0 Å². The summed E-state index contributed by atoms with van der Waals surface area (Å²) in [6.45, 7) is 2.88. The van der Waals surface area contributed by atoms with Crippen LogP contribution in [0.25, 0.3) is 0 Å². The van der Waals surface area contributed by atoms with Crippen LogP contribution in [0.1, 0.15) is 0 Å². The SMILES string of the molecule is C=CCOS([O])(=O)=O. The van der Waals surface area contributed by atoms with Gasteiger partial charge in [-0.15, -0.1) is 6.58 Å². The zero-order chi connectivity index (χ0) is 6.62. The van der Waals surface area contributed by atoms with Crippen LogP contribution in [-0.2, 0) is 19.1 Å². The Hall–Kier alpha value is -0.390. The van der Waals surface area contributed by atoms with E-state index in [1.807, 2.05) is 0 Å². The summed E-state index contributed by atoms with van der Waals surface area (Å²) in [5, 5.41) is 0. The van der Waals surface area contributed by atoms with Crippen LogP contribution in [0, 0.1) is 0 Å². The molecule has 0 saturated carbocycles. The Morgan fingerprint density at radius 3 is 2.25 bits per heavy atom. The predicted octanol–water partition coefficient (Wildman–Crippen LogP) is -0.136. The Bertz CT molecular complexity index is 156. The molecule has 0 heterocycles. The Kier molecular flexibility index (Phi) is 2.67. The molecule has 0 aliphatic rings. The van der Waals surface area contributed by atoms with Crippen molar-refractivity contribution in [2.45, 2.75) is 0 Å². The minimum absolute atomic E-state index is 0.258. The smallest absolute Gasteiger partial charge is 0.242 e. The fraction of sp³-hybridized carbons (Fsp3) is 0.333. The fourth-order valence-corrected chi connectivity index (χ4v) is 0.394. The van der Waals surface area contributed by atoms with Crippen molar-refractivity contribution in [3.8, 4) is 0 Å². The first kappa shape index (κ1) is 7.61. The molecule has 4 nitrogen and oxygen atoms in total. The lowest BCUT2D eigenvalue weighted by Gasteiger charge is -1.87. The summed E-state index contributed by atoms with van der Waals surface area (Å²) >= 11 is 0. The second-order valence-electron chi connectivity index (χ2n) is 0.981. The molecule has 0 aliphatic carbocycles. The quantitative estimate of drug-likeness (QED) is 0.509. The maximum Gasteiger partial charge on any atom is 0.428 e. The second-order valence-corrected chi connectivity index (χ2v) is 2.03. The average Bonchev–Trinajstić information content (AvgIpc) is 1.59. The highest BCUT2D eigenvalue weighted by Crippen LogP contribution is 1.84. The molecule has 0 saturated heterocycles. The molecule has 0 aromatic carbocycles. The molecule has 0 atom stereocenters. The van der Waals surface area contributed by atoms with Gasteiger partial charge in [-0.2, -0.15) is 8.42 Å². The minimum atomic E-state index is -4.51. The average molecular weight is 137 g/mol. The molecule has 47 valence electrons. The number of rotatable bonds is 3. The molecular weight excluding hydrogens is 132 g/mol. The van der Waals surface area contributed by atoms with E-state index in [0.29, 0.717) is 0 Å². The summed E-state index contributed by atoms with van der Waals surface area (Å²) in [6.07, 6.45) is 1.18. The zero-order valence-corrected chi connectivity index (χ0v) is 4.85. The summed E-state index contributed by atoms with van der Waals surface area (Å²) in [4.78, 5) is 0. The highest BCUT2D eigenvalue weighted by Gasteiger charge is 2.02. The van der Waals surface area contributed by atoms with Gasteiger partial charge in [0.25, 0.3) is 0 Å². The Labute approximate surface area is 47.7 Å². The fourth-order valence-electron chi connectivity index (χ4n) is 0.131. The molecule has 0 amide bonds. The summed E-state index contributed by atoms with van der Waals surface area (Å²) in [6, 6.07) is 0. The molecule has 0 bridgehead atoms. The van der Waals surface area contributed by atoms with Gasteiger partial charge in [0, 0.05) is 0 Å². The molecule has 0 aromatic rings. The highest BCUT2D eigenvalue weighted by molar-refractivity contribution is 7.80. The predicted molar refractivity (Wildman–Crippen MR) is 25.8 cm³/mol. The van der Waals surface area contributed by atoms with Crippen molar-refractivity contribution >= 4 is 10.4 Å². The maximum atomic E-state index is 9.56. The third-order valence-electron chi connectivity index (χ3n) is 0.330. The summed E-state index contributed by atoms with van der Waals surface area (Å²) in [5.74, 6) is 0. The van der Waals surface area contributed by atoms with Gasteiger partial charge in [-0.3, -0.25) is 0 Å². The Balaban J connectivity index is 3.57. The lowest BCUT2D eigenvalue weighted by atomic mass is 10.7. The third-order valence-corrected chi connectivity index (χ3v) is 0.755. The normalized spacial score (nSPS) is 11.1. The van der Waals surface area contributed by atoms with E-state index < -0.39 is 10.4 Å². The molecule has 0 aliphatic heterocycles. The Morgan fingerprint density at radius 1 is 1.62 bits per heavy atom. The maximum absolute atomic E-state index is 9.56. The van der Waals surface area contributed by atoms with Crippen molar-refractivity contribution in [1.29, 1.82) is 0 Å². The van der Waals surface area contributed by atoms with Gasteiger partial charge >= 0.3 is 10.4 Å². The van der Waals surface area contributed by atoms with Gasteiger partial charge in [0.05, 0.1) is 6.61 Å². The minimum Gasteiger partial charge on any atom is -0.242 e. The van der Waals surface area contributed by atoms with Gasteiger partial charge in [-0.25, -0.2) is 4.18 Å². The lowest BCUT2D eigenvalue weighted by molar-refractivity contribution is 0.266. The van der Waals surface area contributed by atoms with Crippen LogP contribution in [0.4, 0.5) is 0 Å². The van der Waals surface area contributed by atoms with Crippen molar-refractivity contribution < 1.29 is 17.2 Å². The van der Waals surface area contributed by atoms with Gasteiger partial charge in [0.1, 0.15) is 0 Å². The largest absolute Gasteiger partial charge is 0.428 e. The summed E-state index contributed by atoms with van der Waals surface area (Å²) in [5.41, 5.74) is 0. The van der Waals surface area contributed by atoms with Gasteiger partial charge in [-0.05, 0) is 0 Å².